The summed E-state index contributed by atoms with van der Waals surface area (Å²) in [4.78, 5) is 18.2. The van der Waals surface area contributed by atoms with Crippen molar-refractivity contribution in [3.63, 3.8) is 0 Å². The fraction of sp³-hybridized carbons (Fsp3) is 0.0345. The lowest BCUT2D eigenvalue weighted by Gasteiger charge is -2.15. The van der Waals surface area contributed by atoms with Crippen molar-refractivity contribution in [2.45, 2.75) is 6.92 Å². The summed E-state index contributed by atoms with van der Waals surface area (Å²) in [5, 5.41) is 20.1. The molecule has 4 aromatic carbocycles. The molecule has 5 rings (SSSR count). The third-order valence-corrected chi connectivity index (χ3v) is 5.61. The molecule has 0 atom stereocenters. The van der Waals surface area contributed by atoms with Gasteiger partial charge in [0, 0.05) is 11.1 Å². The van der Waals surface area contributed by atoms with Crippen LogP contribution in [0.15, 0.2) is 129 Å². The Balaban J connectivity index is 1.55. The third kappa shape index (κ3) is 4.50. The number of nitrogens with zero attached hydrogens (tertiary/aromatic N) is 4. The first kappa shape index (κ1) is 22.0. The monoisotopic (exact) mass is 458 g/mol. The minimum absolute atomic E-state index is 0.0766. The number of aromatic nitrogens is 1. The van der Waals surface area contributed by atoms with Gasteiger partial charge in [-0.2, -0.15) is 10.2 Å². The van der Waals surface area contributed by atoms with Crippen molar-refractivity contribution in [1.29, 1.82) is 0 Å². The molecular formula is C29H22N4O2. The number of azo groups is 1. The average molecular weight is 459 g/mol. The minimum Gasteiger partial charge on any atom is -0.506 e. The fourth-order valence-electron chi connectivity index (χ4n) is 3.94. The molecule has 1 N–H and O–H groups in total. The number of pyridine rings is 1. The molecule has 1 aromatic heterocycles. The molecule has 170 valence electrons. The number of fused-ring (bicyclic) bond motifs is 1. The first-order chi connectivity index (χ1) is 17.1. The second-order valence-corrected chi connectivity index (χ2v) is 7.97. The van der Waals surface area contributed by atoms with E-state index in [1.165, 1.54) is 0 Å². The summed E-state index contributed by atoms with van der Waals surface area (Å²) in [6.07, 6.45) is 0. The zero-order valence-electron chi connectivity index (χ0n) is 19.0. The van der Waals surface area contributed by atoms with Gasteiger partial charge in [0.2, 0.25) is 0 Å². The molecule has 0 radical (unpaired) electrons. The van der Waals surface area contributed by atoms with E-state index in [1.54, 1.807) is 41.8 Å². The van der Waals surface area contributed by atoms with Crippen LogP contribution in [0.25, 0.3) is 16.6 Å². The van der Waals surface area contributed by atoms with Crippen LogP contribution < -0.4 is 5.56 Å². The van der Waals surface area contributed by atoms with Gasteiger partial charge in [0.25, 0.3) is 5.56 Å². The zero-order chi connectivity index (χ0) is 24.2. The van der Waals surface area contributed by atoms with Gasteiger partial charge in [-0.1, -0.05) is 48.5 Å². The summed E-state index contributed by atoms with van der Waals surface area (Å²) in [5.41, 5.74) is 3.70. The molecule has 6 heteroatoms. The molecule has 1 heterocycles. The van der Waals surface area contributed by atoms with Gasteiger partial charge in [-0.15, -0.1) is 0 Å². The van der Waals surface area contributed by atoms with Crippen LogP contribution in [0.4, 0.5) is 17.1 Å². The Morgan fingerprint density at radius 3 is 1.91 bits per heavy atom. The van der Waals surface area contributed by atoms with Crippen molar-refractivity contribution in [1.82, 2.24) is 4.57 Å². The second-order valence-electron chi connectivity index (χ2n) is 7.97. The van der Waals surface area contributed by atoms with E-state index in [0.29, 0.717) is 28.0 Å². The molecule has 5 aromatic rings. The summed E-state index contributed by atoms with van der Waals surface area (Å²) >= 11 is 0. The van der Waals surface area contributed by atoms with Crippen LogP contribution in [0.1, 0.15) is 12.5 Å². The summed E-state index contributed by atoms with van der Waals surface area (Å²) in [5.74, 6) is -0.0766. The van der Waals surface area contributed by atoms with Crippen molar-refractivity contribution >= 4 is 33.7 Å². The highest BCUT2D eigenvalue weighted by Gasteiger charge is 2.19. The van der Waals surface area contributed by atoms with Crippen molar-refractivity contribution < 1.29 is 5.11 Å². The number of hydrogen-bond acceptors (Lipinski definition) is 5. The highest BCUT2D eigenvalue weighted by atomic mass is 16.3. The average Bonchev–Trinajstić information content (AvgIpc) is 2.90. The maximum absolute atomic E-state index is 13.6. The molecule has 0 aliphatic rings. The van der Waals surface area contributed by atoms with Crippen LogP contribution in [0.3, 0.4) is 0 Å². The summed E-state index contributed by atoms with van der Waals surface area (Å²) in [7, 11) is 0. The summed E-state index contributed by atoms with van der Waals surface area (Å²) in [6, 6.07) is 33.4. The smallest absolute Gasteiger partial charge is 0.268 e. The fourth-order valence-corrected chi connectivity index (χ4v) is 3.94. The Hall–Kier alpha value is -4.84. The van der Waals surface area contributed by atoms with Gasteiger partial charge in [-0.25, -0.2) is 0 Å². The molecular weight excluding hydrogens is 436 g/mol. The molecule has 35 heavy (non-hydrogen) atoms. The molecule has 0 saturated heterocycles. The lowest BCUT2D eigenvalue weighted by atomic mass is 10.1. The van der Waals surface area contributed by atoms with E-state index < -0.39 is 0 Å². The number of benzene rings is 4. The van der Waals surface area contributed by atoms with E-state index >= 15 is 0 Å². The summed E-state index contributed by atoms with van der Waals surface area (Å²) in [6.45, 7) is 1.73. The SMILES string of the molecule is CC(=Nc1ccc(N=Nc2ccccc2)cc1)c1c(O)c2ccccc2n(-c2ccccc2)c1=O. The van der Waals surface area contributed by atoms with Crippen LogP contribution in [0.5, 0.6) is 5.75 Å². The molecule has 0 aliphatic carbocycles. The highest BCUT2D eigenvalue weighted by molar-refractivity contribution is 6.06. The highest BCUT2D eigenvalue weighted by Crippen LogP contribution is 2.29. The zero-order valence-corrected chi connectivity index (χ0v) is 19.0. The van der Waals surface area contributed by atoms with E-state index in [9.17, 15) is 9.90 Å². The predicted octanol–water partition coefficient (Wildman–Crippen LogP) is 7.25. The topological polar surface area (TPSA) is 79.3 Å². The van der Waals surface area contributed by atoms with Gasteiger partial charge in [-0.3, -0.25) is 14.4 Å². The number of aromatic hydroxyl groups is 1. The lowest BCUT2D eigenvalue weighted by Crippen LogP contribution is -2.25. The molecule has 0 unspecified atom stereocenters. The third-order valence-electron chi connectivity index (χ3n) is 5.61. The first-order valence-electron chi connectivity index (χ1n) is 11.2. The van der Waals surface area contributed by atoms with Crippen LogP contribution in [0, 0.1) is 0 Å². The lowest BCUT2D eigenvalue weighted by molar-refractivity contribution is 0.478. The van der Waals surface area contributed by atoms with Crippen molar-refractivity contribution in [3.05, 3.63) is 125 Å². The van der Waals surface area contributed by atoms with Crippen molar-refractivity contribution in [3.8, 4) is 11.4 Å². The van der Waals surface area contributed by atoms with E-state index in [0.717, 1.165) is 11.4 Å². The van der Waals surface area contributed by atoms with Gasteiger partial charge in [0.15, 0.2) is 0 Å². The molecule has 0 bridgehead atoms. The molecule has 0 spiro atoms. The minimum atomic E-state index is -0.332. The van der Waals surface area contributed by atoms with Gasteiger partial charge >= 0.3 is 0 Å². The van der Waals surface area contributed by atoms with Crippen molar-refractivity contribution in [2.24, 2.45) is 15.2 Å². The van der Waals surface area contributed by atoms with Crippen LogP contribution >= 0.6 is 0 Å². The van der Waals surface area contributed by atoms with E-state index in [4.69, 9.17) is 0 Å². The number of aliphatic imine (C=N–C) groups is 1. The van der Waals surface area contributed by atoms with E-state index in [-0.39, 0.29) is 16.9 Å². The predicted molar refractivity (Wildman–Crippen MR) is 140 cm³/mol. The van der Waals surface area contributed by atoms with Crippen LogP contribution in [0.2, 0.25) is 0 Å². The van der Waals surface area contributed by atoms with E-state index in [2.05, 4.69) is 15.2 Å². The second kappa shape index (κ2) is 9.57. The molecule has 0 aliphatic heterocycles. The largest absolute Gasteiger partial charge is 0.506 e. The molecule has 0 saturated carbocycles. The van der Waals surface area contributed by atoms with Crippen molar-refractivity contribution in [2.75, 3.05) is 0 Å². The Bertz CT molecular complexity index is 1600. The number of rotatable bonds is 5. The maximum Gasteiger partial charge on any atom is 0.268 e. The van der Waals surface area contributed by atoms with Gasteiger partial charge < -0.3 is 5.11 Å². The van der Waals surface area contributed by atoms with Gasteiger partial charge in [-0.05, 0) is 67.6 Å². The Labute approximate surface area is 202 Å². The van der Waals surface area contributed by atoms with E-state index in [1.807, 2.05) is 78.9 Å². The first-order valence-corrected chi connectivity index (χ1v) is 11.2. The Morgan fingerprint density at radius 1 is 0.686 bits per heavy atom. The van der Waals surface area contributed by atoms with Gasteiger partial charge in [0.1, 0.15) is 11.3 Å². The number of hydrogen-bond donors (Lipinski definition) is 1. The Morgan fingerprint density at radius 2 is 1.23 bits per heavy atom. The normalized spacial score (nSPS) is 11.9. The standard InChI is InChI=1S/C29H22N4O2/c1-20(30-21-16-18-23(19-17-21)32-31-22-10-4-2-5-11-22)27-28(34)25-14-8-9-15-26(25)33(29(27)35)24-12-6-3-7-13-24/h2-19,34H,1H3. The quantitative estimate of drug-likeness (QED) is 0.222. The number of para-hydroxylation sites is 2. The molecule has 0 amide bonds. The van der Waals surface area contributed by atoms with Gasteiger partial charge in [0.05, 0.1) is 28.3 Å². The Kier molecular flexibility index (Phi) is 6.01. The molecule has 6 nitrogen and oxygen atoms in total. The molecule has 0 fully saturated rings. The maximum atomic E-state index is 13.6. The summed E-state index contributed by atoms with van der Waals surface area (Å²) < 4.78 is 1.61. The van der Waals surface area contributed by atoms with Crippen LogP contribution in [-0.4, -0.2) is 15.4 Å². The van der Waals surface area contributed by atoms with Crippen LogP contribution in [-0.2, 0) is 0 Å².